The van der Waals surface area contributed by atoms with Crippen LogP contribution in [0.1, 0.15) is 130 Å². The largest absolute Gasteiger partial charge is 0.480 e. The standard InChI is InChI=1S/C49H77N7O8.C2H6/c1-32(2)25-39(52)43(57)29-37(20-14-23-51)47(61)55-41(49(63)64)21-11-12-24-54-46(60)36(19-13-22-50)30-45(59)42(26-33(3)4)56-48(62)38(27-34-15-7-5-8-16-34)31-44(58)40(53)28-35-17-9-6-10-18-35;1-2/h5-10,15-18,32-33,36-42H,11-14,19-31,50-53H2,1-4H3,(H,54,60)(H,55,61)(H,56,62)(H,63,64);1-2H3/t36-,37-,38-,39+,40+,41+,42+;/m0./s1. The SMILES string of the molecule is CC.CC(C)C[C@@H](N)C(=O)C[C@H](CCCN)C(=O)N[C@H](CCCCNC(=O)[C@@H](CCCN)CC(=O)[C@@H](CC(C)C)NC(=O)[C@H](CC(=O)[C@H](N)Cc1ccccc1)Cc1ccccc1)C(=O)O. The number of aliphatic carboxylic acids is 1. The van der Waals surface area contributed by atoms with Gasteiger partial charge in [0.2, 0.25) is 17.7 Å². The highest BCUT2D eigenvalue weighted by molar-refractivity contribution is 5.95. The van der Waals surface area contributed by atoms with Crippen molar-refractivity contribution in [3.05, 3.63) is 71.8 Å². The third-order valence-corrected chi connectivity index (χ3v) is 11.4. The summed E-state index contributed by atoms with van der Waals surface area (Å²) in [6.07, 6.45) is 3.50. The number of unbranched alkanes of at least 4 members (excludes halogenated alkanes) is 1. The Labute approximate surface area is 394 Å². The molecule has 0 spiro atoms. The van der Waals surface area contributed by atoms with Crippen molar-refractivity contribution >= 4 is 41.0 Å². The summed E-state index contributed by atoms with van der Waals surface area (Å²) in [7, 11) is 0. The van der Waals surface area contributed by atoms with Crippen LogP contribution in [-0.4, -0.2) is 89.9 Å². The third kappa shape index (κ3) is 24.1. The molecular formula is C51H83N7O8. The first-order valence-corrected chi connectivity index (χ1v) is 24.1. The molecule has 0 aliphatic rings. The van der Waals surface area contributed by atoms with Gasteiger partial charge in [-0.3, -0.25) is 28.8 Å². The van der Waals surface area contributed by atoms with E-state index in [2.05, 4.69) is 16.0 Å². The molecule has 66 heavy (non-hydrogen) atoms. The number of benzene rings is 2. The van der Waals surface area contributed by atoms with Crippen molar-refractivity contribution in [2.45, 2.75) is 156 Å². The zero-order chi connectivity index (χ0) is 49.6. The molecule has 12 N–H and O–H groups in total. The third-order valence-electron chi connectivity index (χ3n) is 11.4. The zero-order valence-electron chi connectivity index (χ0n) is 40.6. The van der Waals surface area contributed by atoms with Gasteiger partial charge < -0.3 is 44.0 Å². The molecule has 15 heteroatoms. The van der Waals surface area contributed by atoms with E-state index < -0.39 is 59.7 Å². The van der Waals surface area contributed by atoms with Crippen LogP contribution in [0.15, 0.2) is 60.7 Å². The molecule has 0 bridgehead atoms. The predicted octanol–water partition coefficient (Wildman–Crippen LogP) is 4.79. The van der Waals surface area contributed by atoms with E-state index in [-0.39, 0.29) is 73.7 Å². The lowest BCUT2D eigenvalue weighted by Gasteiger charge is -2.25. The smallest absolute Gasteiger partial charge is 0.326 e. The van der Waals surface area contributed by atoms with Crippen LogP contribution in [0.4, 0.5) is 0 Å². The Kier molecular flexibility index (Phi) is 30.1. The summed E-state index contributed by atoms with van der Waals surface area (Å²) in [5, 5.41) is 18.3. The van der Waals surface area contributed by atoms with E-state index >= 15 is 0 Å². The van der Waals surface area contributed by atoms with E-state index in [1.54, 1.807) is 0 Å². The quantitative estimate of drug-likeness (QED) is 0.0440. The van der Waals surface area contributed by atoms with Gasteiger partial charge in [-0.05, 0) is 107 Å². The lowest BCUT2D eigenvalue weighted by atomic mass is 9.88. The van der Waals surface area contributed by atoms with Crippen molar-refractivity contribution in [1.29, 1.82) is 0 Å². The van der Waals surface area contributed by atoms with E-state index in [1.807, 2.05) is 102 Å². The molecule has 3 amide bonds. The van der Waals surface area contributed by atoms with Crippen LogP contribution < -0.4 is 38.9 Å². The molecule has 2 aromatic rings. The highest BCUT2D eigenvalue weighted by Gasteiger charge is 2.32. The highest BCUT2D eigenvalue weighted by atomic mass is 16.4. The summed E-state index contributed by atoms with van der Waals surface area (Å²) in [4.78, 5) is 93.2. The predicted molar refractivity (Wildman–Crippen MR) is 261 cm³/mol. The van der Waals surface area contributed by atoms with Crippen LogP contribution in [0.3, 0.4) is 0 Å². The van der Waals surface area contributed by atoms with Gasteiger partial charge in [0.25, 0.3) is 0 Å². The monoisotopic (exact) mass is 922 g/mol. The van der Waals surface area contributed by atoms with E-state index in [0.717, 1.165) is 11.1 Å². The molecule has 2 rings (SSSR count). The minimum absolute atomic E-state index is 0.0193. The molecule has 0 aromatic heterocycles. The maximum atomic E-state index is 14.0. The van der Waals surface area contributed by atoms with Crippen LogP contribution in [0.5, 0.6) is 0 Å². The van der Waals surface area contributed by atoms with Crippen molar-refractivity contribution in [2.75, 3.05) is 19.6 Å². The molecule has 15 nitrogen and oxygen atoms in total. The Morgan fingerprint density at radius 3 is 1.50 bits per heavy atom. The number of nitrogens with two attached hydrogens (primary N) is 4. The average Bonchev–Trinajstić information content (AvgIpc) is 3.28. The normalized spacial score (nSPS) is 14.4. The van der Waals surface area contributed by atoms with Gasteiger partial charge in [0, 0.05) is 43.6 Å². The van der Waals surface area contributed by atoms with E-state index in [0.29, 0.717) is 70.9 Å². The molecule has 0 saturated carbocycles. The Hall–Kier alpha value is -4.83. The van der Waals surface area contributed by atoms with Gasteiger partial charge in [0.1, 0.15) is 11.8 Å². The Balaban J connectivity index is 0.0000107. The van der Waals surface area contributed by atoms with E-state index in [4.69, 9.17) is 22.9 Å². The number of carbonyl (C=O) groups is 7. The van der Waals surface area contributed by atoms with Crippen LogP contribution in [0, 0.1) is 29.6 Å². The zero-order valence-corrected chi connectivity index (χ0v) is 40.6. The van der Waals surface area contributed by atoms with E-state index in [9.17, 15) is 38.7 Å². The second-order valence-corrected chi connectivity index (χ2v) is 18.1. The minimum Gasteiger partial charge on any atom is -0.480 e. The van der Waals surface area contributed by atoms with Crippen LogP contribution in [0.2, 0.25) is 0 Å². The van der Waals surface area contributed by atoms with Crippen LogP contribution >= 0.6 is 0 Å². The number of Topliss-reactive ketones (excluding diaryl/α,β-unsaturated/α-hetero) is 3. The highest BCUT2D eigenvalue weighted by Crippen LogP contribution is 2.21. The van der Waals surface area contributed by atoms with Crippen LogP contribution in [0.25, 0.3) is 0 Å². The fourth-order valence-corrected chi connectivity index (χ4v) is 7.74. The summed E-state index contributed by atoms with van der Waals surface area (Å²) >= 11 is 0. The number of hydrogen-bond acceptors (Lipinski definition) is 11. The topological polar surface area (TPSA) is 280 Å². The molecule has 2 aromatic carbocycles. The molecule has 0 aliphatic carbocycles. The molecule has 0 fully saturated rings. The van der Waals surface area contributed by atoms with Gasteiger partial charge in [0.15, 0.2) is 11.6 Å². The maximum absolute atomic E-state index is 14.0. The summed E-state index contributed by atoms with van der Waals surface area (Å²) in [5.41, 5.74) is 25.6. The summed E-state index contributed by atoms with van der Waals surface area (Å²) in [6, 6.07) is 15.1. The summed E-state index contributed by atoms with van der Waals surface area (Å²) in [5.74, 6) is -5.43. The number of carbonyl (C=O) groups excluding carboxylic acids is 6. The number of ketones is 3. The first kappa shape index (κ1) is 59.2. The average molecular weight is 922 g/mol. The Morgan fingerprint density at radius 1 is 0.530 bits per heavy atom. The second kappa shape index (κ2) is 33.6. The molecule has 0 aliphatic heterocycles. The van der Waals surface area contributed by atoms with Crippen molar-refractivity contribution in [1.82, 2.24) is 16.0 Å². The van der Waals surface area contributed by atoms with Gasteiger partial charge in [-0.1, -0.05) is 102 Å². The van der Waals surface area contributed by atoms with Crippen molar-refractivity contribution in [2.24, 2.45) is 52.5 Å². The van der Waals surface area contributed by atoms with Gasteiger partial charge in [-0.25, -0.2) is 4.79 Å². The van der Waals surface area contributed by atoms with Crippen molar-refractivity contribution in [3.63, 3.8) is 0 Å². The van der Waals surface area contributed by atoms with Crippen molar-refractivity contribution < 1.29 is 38.7 Å². The summed E-state index contributed by atoms with van der Waals surface area (Å²) in [6.45, 7) is 12.6. The Morgan fingerprint density at radius 2 is 0.985 bits per heavy atom. The summed E-state index contributed by atoms with van der Waals surface area (Å²) < 4.78 is 0. The van der Waals surface area contributed by atoms with Gasteiger partial charge in [-0.15, -0.1) is 0 Å². The molecular weight excluding hydrogens is 839 g/mol. The van der Waals surface area contributed by atoms with Gasteiger partial charge in [0.05, 0.1) is 18.1 Å². The van der Waals surface area contributed by atoms with Crippen LogP contribution in [-0.2, 0) is 46.4 Å². The lowest BCUT2D eigenvalue weighted by Crippen LogP contribution is -2.47. The molecule has 370 valence electrons. The second-order valence-electron chi connectivity index (χ2n) is 18.1. The Bertz CT molecular complexity index is 1740. The fourth-order valence-electron chi connectivity index (χ4n) is 7.74. The number of rotatable bonds is 34. The van der Waals surface area contributed by atoms with Gasteiger partial charge >= 0.3 is 5.97 Å². The molecule has 0 saturated heterocycles. The number of carboxylic acid groups (broad SMARTS) is 1. The fraction of sp³-hybridized carbons (Fsp3) is 0.627. The first-order chi connectivity index (χ1) is 31.4. The molecule has 0 unspecified atom stereocenters. The number of hydrogen-bond donors (Lipinski definition) is 8. The molecule has 0 heterocycles. The maximum Gasteiger partial charge on any atom is 0.326 e. The molecule has 0 radical (unpaired) electrons. The van der Waals surface area contributed by atoms with E-state index in [1.165, 1.54) is 0 Å². The van der Waals surface area contributed by atoms with Gasteiger partial charge in [-0.2, -0.15) is 0 Å². The number of amides is 3. The molecule has 7 atom stereocenters. The first-order valence-electron chi connectivity index (χ1n) is 24.1. The number of nitrogens with one attached hydrogen (secondary N) is 3. The van der Waals surface area contributed by atoms with Crippen molar-refractivity contribution in [3.8, 4) is 0 Å². The minimum atomic E-state index is -1.22. The lowest BCUT2D eigenvalue weighted by molar-refractivity contribution is -0.143. The number of carboxylic acids is 1.